The molecule has 2 rings (SSSR count). The minimum Gasteiger partial charge on any atom is -0.479 e. The van der Waals surface area contributed by atoms with Crippen molar-refractivity contribution in [3.8, 4) is 0 Å². The summed E-state index contributed by atoms with van der Waals surface area (Å²) in [6.07, 6.45) is 2.04. The molecular weight excluding hydrogens is 224 g/mol. The van der Waals surface area contributed by atoms with Gasteiger partial charge in [0.2, 0.25) is 0 Å². The average Bonchev–Trinajstić information content (AvgIpc) is 2.90. The fourth-order valence-electron chi connectivity index (χ4n) is 2.71. The second-order valence-corrected chi connectivity index (χ2v) is 4.86. The number of amides is 2. The standard InChI is InChI=1S/C11H18N2O4/c14-9(10(15)16)3-4-12-11(17)13-6-7-1-2-8(13)5-7/h7-9,14H,1-6H2,(H,12,17)(H,15,16)/t7?,8?,9-/m0/s1. The first-order chi connectivity index (χ1) is 8.08. The Bertz CT molecular complexity index is 321. The highest BCUT2D eigenvalue weighted by atomic mass is 16.4. The van der Waals surface area contributed by atoms with Crippen molar-refractivity contribution in [2.24, 2.45) is 5.92 Å². The molecule has 2 fully saturated rings. The summed E-state index contributed by atoms with van der Waals surface area (Å²) in [5.74, 6) is -0.602. The van der Waals surface area contributed by atoms with Gasteiger partial charge in [-0.05, 0) is 25.2 Å². The van der Waals surface area contributed by atoms with E-state index in [0.717, 1.165) is 19.4 Å². The molecule has 6 nitrogen and oxygen atoms in total. The van der Waals surface area contributed by atoms with Gasteiger partial charge in [0.25, 0.3) is 0 Å². The van der Waals surface area contributed by atoms with Crippen LogP contribution in [0.2, 0.25) is 0 Å². The van der Waals surface area contributed by atoms with E-state index in [2.05, 4.69) is 5.32 Å². The second-order valence-electron chi connectivity index (χ2n) is 4.86. The summed E-state index contributed by atoms with van der Waals surface area (Å²) < 4.78 is 0. The van der Waals surface area contributed by atoms with Crippen molar-refractivity contribution in [2.75, 3.05) is 13.1 Å². The summed E-state index contributed by atoms with van der Waals surface area (Å²) in [7, 11) is 0. The zero-order chi connectivity index (χ0) is 12.4. The number of carbonyl (C=O) groups excluding carboxylic acids is 1. The first-order valence-electron chi connectivity index (χ1n) is 6.03. The molecule has 0 aromatic carbocycles. The predicted molar refractivity (Wildman–Crippen MR) is 59.5 cm³/mol. The molecule has 1 aliphatic carbocycles. The number of aliphatic hydroxyl groups is 1. The highest BCUT2D eigenvalue weighted by Crippen LogP contribution is 2.37. The van der Waals surface area contributed by atoms with Gasteiger partial charge in [-0.2, -0.15) is 0 Å². The molecule has 2 amide bonds. The molecule has 1 aliphatic heterocycles. The van der Waals surface area contributed by atoms with Crippen LogP contribution in [0.25, 0.3) is 0 Å². The number of nitrogens with one attached hydrogen (secondary N) is 1. The number of hydrogen-bond acceptors (Lipinski definition) is 3. The summed E-state index contributed by atoms with van der Waals surface area (Å²) in [5, 5.41) is 20.2. The van der Waals surface area contributed by atoms with Gasteiger partial charge in [-0.1, -0.05) is 0 Å². The number of nitrogens with zero attached hydrogens (tertiary/aromatic N) is 1. The van der Waals surface area contributed by atoms with Gasteiger partial charge >= 0.3 is 12.0 Å². The summed E-state index contributed by atoms with van der Waals surface area (Å²) in [6.45, 7) is 1.01. The summed E-state index contributed by atoms with van der Waals surface area (Å²) in [6, 6.07) is 0.235. The van der Waals surface area contributed by atoms with Gasteiger partial charge < -0.3 is 20.4 Å². The Hall–Kier alpha value is -1.30. The van der Waals surface area contributed by atoms with E-state index in [1.165, 1.54) is 6.42 Å². The fraction of sp³-hybridized carbons (Fsp3) is 0.818. The van der Waals surface area contributed by atoms with E-state index in [4.69, 9.17) is 10.2 Å². The van der Waals surface area contributed by atoms with E-state index in [-0.39, 0.29) is 19.0 Å². The quantitative estimate of drug-likeness (QED) is 0.648. The minimum atomic E-state index is -1.40. The largest absolute Gasteiger partial charge is 0.479 e. The summed E-state index contributed by atoms with van der Waals surface area (Å²) in [4.78, 5) is 24.0. The van der Waals surface area contributed by atoms with Crippen LogP contribution in [0.3, 0.4) is 0 Å². The number of urea groups is 1. The lowest BCUT2D eigenvalue weighted by atomic mass is 10.1. The number of aliphatic carboxylic acids is 1. The molecule has 0 aromatic heterocycles. The number of aliphatic hydroxyl groups excluding tert-OH is 1. The molecule has 17 heavy (non-hydrogen) atoms. The Morgan fingerprint density at radius 2 is 2.18 bits per heavy atom. The third-order valence-electron chi connectivity index (χ3n) is 3.65. The maximum Gasteiger partial charge on any atom is 0.332 e. The van der Waals surface area contributed by atoms with Crippen molar-refractivity contribution >= 4 is 12.0 Å². The third kappa shape index (κ3) is 2.69. The molecule has 2 aliphatic rings. The van der Waals surface area contributed by atoms with Crippen LogP contribution in [0, 0.1) is 5.92 Å². The molecular formula is C11H18N2O4. The van der Waals surface area contributed by atoms with Crippen LogP contribution in [-0.4, -0.2) is 52.3 Å². The van der Waals surface area contributed by atoms with E-state index in [1.54, 1.807) is 0 Å². The topological polar surface area (TPSA) is 89.9 Å². The van der Waals surface area contributed by atoms with E-state index >= 15 is 0 Å². The van der Waals surface area contributed by atoms with Crippen LogP contribution < -0.4 is 5.32 Å². The molecule has 2 bridgehead atoms. The van der Waals surface area contributed by atoms with E-state index < -0.39 is 12.1 Å². The molecule has 1 saturated carbocycles. The maximum absolute atomic E-state index is 11.8. The molecule has 6 heteroatoms. The summed E-state index contributed by atoms with van der Waals surface area (Å²) in [5.41, 5.74) is 0. The molecule has 1 saturated heterocycles. The molecule has 96 valence electrons. The zero-order valence-corrected chi connectivity index (χ0v) is 9.63. The Kier molecular flexibility index (Phi) is 3.51. The number of hydrogen-bond donors (Lipinski definition) is 3. The van der Waals surface area contributed by atoms with Crippen molar-refractivity contribution < 1.29 is 19.8 Å². The number of piperidine rings is 1. The Morgan fingerprint density at radius 1 is 1.41 bits per heavy atom. The number of likely N-dealkylation sites (tertiary alicyclic amines) is 1. The van der Waals surface area contributed by atoms with Gasteiger partial charge in [0.1, 0.15) is 0 Å². The lowest BCUT2D eigenvalue weighted by molar-refractivity contribution is -0.146. The fourth-order valence-corrected chi connectivity index (χ4v) is 2.71. The first kappa shape index (κ1) is 12.2. The van der Waals surface area contributed by atoms with Crippen LogP contribution in [0.5, 0.6) is 0 Å². The molecule has 3 atom stereocenters. The predicted octanol–water partition coefficient (Wildman–Crippen LogP) is 0.0159. The molecule has 3 N–H and O–H groups in total. The maximum atomic E-state index is 11.8. The minimum absolute atomic E-state index is 0.0447. The number of carboxylic acid groups (broad SMARTS) is 1. The molecule has 2 unspecified atom stereocenters. The SMILES string of the molecule is O=C(O)[C@@H](O)CCNC(=O)N1CC2CCC1C2. The van der Waals surface area contributed by atoms with Crippen LogP contribution in [0.15, 0.2) is 0 Å². The van der Waals surface area contributed by atoms with Crippen molar-refractivity contribution in [1.82, 2.24) is 10.2 Å². The highest BCUT2D eigenvalue weighted by molar-refractivity contribution is 5.75. The van der Waals surface area contributed by atoms with Crippen molar-refractivity contribution in [3.05, 3.63) is 0 Å². The number of carbonyl (C=O) groups is 2. The summed E-state index contributed by atoms with van der Waals surface area (Å²) >= 11 is 0. The highest BCUT2D eigenvalue weighted by Gasteiger charge is 2.40. The lowest BCUT2D eigenvalue weighted by Crippen LogP contribution is -2.45. The molecule has 0 aromatic rings. The number of rotatable bonds is 4. The zero-order valence-electron chi connectivity index (χ0n) is 9.63. The normalized spacial score (nSPS) is 28.2. The van der Waals surface area contributed by atoms with Gasteiger partial charge in [-0.3, -0.25) is 0 Å². The third-order valence-corrected chi connectivity index (χ3v) is 3.65. The van der Waals surface area contributed by atoms with Gasteiger partial charge in [0.05, 0.1) is 0 Å². The van der Waals surface area contributed by atoms with Gasteiger partial charge in [-0.25, -0.2) is 9.59 Å². The first-order valence-corrected chi connectivity index (χ1v) is 6.03. The number of fused-ring (bicyclic) bond motifs is 2. The average molecular weight is 242 g/mol. The van der Waals surface area contributed by atoms with Crippen LogP contribution in [-0.2, 0) is 4.79 Å². The second kappa shape index (κ2) is 4.91. The van der Waals surface area contributed by atoms with Gasteiger partial charge in [-0.15, -0.1) is 0 Å². The molecule has 0 spiro atoms. The van der Waals surface area contributed by atoms with Gasteiger partial charge in [0, 0.05) is 25.6 Å². The molecule has 0 radical (unpaired) electrons. The monoisotopic (exact) mass is 242 g/mol. The Labute approximate surface area is 99.6 Å². The number of carboxylic acids is 1. The van der Waals surface area contributed by atoms with Crippen molar-refractivity contribution in [1.29, 1.82) is 0 Å². The van der Waals surface area contributed by atoms with E-state index in [9.17, 15) is 9.59 Å². The van der Waals surface area contributed by atoms with E-state index in [0.29, 0.717) is 12.0 Å². The molecule has 1 heterocycles. The van der Waals surface area contributed by atoms with Crippen LogP contribution >= 0.6 is 0 Å². The Balaban J connectivity index is 1.69. The van der Waals surface area contributed by atoms with Crippen molar-refractivity contribution in [2.45, 2.75) is 37.8 Å². The Morgan fingerprint density at radius 3 is 2.71 bits per heavy atom. The van der Waals surface area contributed by atoms with Crippen LogP contribution in [0.1, 0.15) is 25.7 Å². The van der Waals surface area contributed by atoms with Crippen LogP contribution in [0.4, 0.5) is 4.79 Å². The van der Waals surface area contributed by atoms with Crippen molar-refractivity contribution in [3.63, 3.8) is 0 Å². The smallest absolute Gasteiger partial charge is 0.332 e. The van der Waals surface area contributed by atoms with Gasteiger partial charge in [0.15, 0.2) is 6.10 Å². The van der Waals surface area contributed by atoms with E-state index in [1.807, 2.05) is 4.90 Å². The lowest BCUT2D eigenvalue weighted by Gasteiger charge is -2.27.